The Hall–Kier alpha value is -2.58. The van der Waals surface area contributed by atoms with E-state index in [4.69, 9.17) is 9.97 Å². The Labute approximate surface area is 170 Å². The largest absolute Gasteiger partial charge is 0.373 e. The summed E-state index contributed by atoms with van der Waals surface area (Å²) in [6.07, 6.45) is 2.94. The van der Waals surface area contributed by atoms with E-state index < -0.39 is 0 Å². The Morgan fingerprint density at radius 2 is 2.14 bits per heavy atom. The van der Waals surface area contributed by atoms with Crippen molar-refractivity contribution in [3.63, 3.8) is 0 Å². The third-order valence-electron chi connectivity index (χ3n) is 5.55. The summed E-state index contributed by atoms with van der Waals surface area (Å²) in [7, 11) is 1.90. The first-order chi connectivity index (χ1) is 14.1. The molecule has 3 N–H and O–H groups in total. The number of nitrogens with zero attached hydrogens (tertiary/aromatic N) is 3. The van der Waals surface area contributed by atoms with Gasteiger partial charge < -0.3 is 16.0 Å². The minimum absolute atomic E-state index is 0.0920. The molecule has 0 radical (unpaired) electrons. The summed E-state index contributed by atoms with van der Waals surface area (Å²) in [5, 5.41) is 9.42. The van der Waals surface area contributed by atoms with Gasteiger partial charge in [0, 0.05) is 50.3 Å². The fraction of sp³-hybridized carbons (Fsp3) is 0.476. The predicted octanol–water partition coefficient (Wildman–Crippen LogP) is 2.12. The van der Waals surface area contributed by atoms with E-state index in [1.54, 1.807) is 12.1 Å². The standard InChI is InChI=1S/C21H27FN6O/c1-23-21-17-11-24-9-8-18(17)26-20(27-21)14-3-2-10-28(12-14)13-19(29)25-16-6-4-15(22)5-7-16/h4-7,14,24H,2-3,8-13H2,1H3,(H,25,29)(H,23,26,27)/t14-/m0/s1. The number of hydrogen-bond donors (Lipinski definition) is 3. The number of nitrogens with one attached hydrogen (secondary N) is 3. The molecule has 2 aliphatic heterocycles. The second-order valence-electron chi connectivity index (χ2n) is 7.66. The highest BCUT2D eigenvalue weighted by Crippen LogP contribution is 2.28. The van der Waals surface area contributed by atoms with Crippen molar-refractivity contribution in [3.05, 3.63) is 47.2 Å². The summed E-state index contributed by atoms with van der Waals surface area (Å²) in [4.78, 5) is 24.2. The van der Waals surface area contributed by atoms with E-state index in [9.17, 15) is 9.18 Å². The van der Waals surface area contributed by atoms with E-state index in [1.165, 1.54) is 12.1 Å². The molecule has 154 valence electrons. The first kappa shape index (κ1) is 19.7. The molecule has 1 atom stereocenters. The summed E-state index contributed by atoms with van der Waals surface area (Å²) in [6, 6.07) is 5.83. The minimum Gasteiger partial charge on any atom is -0.373 e. The van der Waals surface area contributed by atoms with E-state index in [-0.39, 0.29) is 17.6 Å². The Morgan fingerprint density at radius 1 is 1.31 bits per heavy atom. The number of hydrogen-bond acceptors (Lipinski definition) is 6. The third-order valence-corrected chi connectivity index (χ3v) is 5.55. The number of benzene rings is 1. The quantitative estimate of drug-likeness (QED) is 0.716. The number of amides is 1. The lowest BCUT2D eigenvalue weighted by Gasteiger charge is -2.32. The molecule has 1 saturated heterocycles. The third kappa shape index (κ3) is 4.71. The number of rotatable bonds is 5. The zero-order valence-electron chi connectivity index (χ0n) is 16.7. The molecule has 4 rings (SSSR count). The summed E-state index contributed by atoms with van der Waals surface area (Å²) in [5.41, 5.74) is 2.90. The Balaban J connectivity index is 1.41. The number of anilines is 2. The van der Waals surface area contributed by atoms with Crippen LogP contribution in [0, 0.1) is 5.82 Å². The van der Waals surface area contributed by atoms with Gasteiger partial charge >= 0.3 is 0 Å². The normalized spacial score (nSPS) is 19.4. The van der Waals surface area contributed by atoms with E-state index in [0.717, 1.165) is 68.3 Å². The number of fused-ring (bicyclic) bond motifs is 1. The molecule has 1 fully saturated rings. The van der Waals surface area contributed by atoms with Crippen molar-refractivity contribution in [1.29, 1.82) is 0 Å². The van der Waals surface area contributed by atoms with Gasteiger partial charge in [0.25, 0.3) is 0 Å². The molecule has 7 nitrogen and oxygen atoms in total. The van der Waals surface area contributed by atoms with Crippen LogP contribution in [0.4, 0.5) is 15.9 Å². The van der Waals surface area contributed by atoms with Crippen molar-refractivity contribution >= 4 is 17.4 Å². The predicted molar refractivity (Wildman–Crippen MR) is 110 cm³/mol. The number of carbonyl (C=O) groups excluding carboxylic acids is 1. The van der Waals surface area contributed by atoms with Gasteiger partial charge in [0.1, 0.15) is 17.5 Å². The fourth-order valence-corrected chi connectivity index (χ4v) is 4.10. The number of aromatic nitrogens is 2. The van der Waals surface area contributed by atoms with Gasteiger partial charge in [-0.15, -0.1) is 0 Å². The number of halogens is 1. The van der Waals surface area contributed by atoms with Gasteiger partial charge in [0.2, 0.25) is 5.91 Å². The Bertz CT molecular complexity index is 855. The van der Waals surface area contributed by atoms with Crippen molar-refractivity contribution in [3.8, 4) is 0 Å². The van der Waals surface area contributed by atoms with Gasteiger partial charge in [-0.05, 0) is 43.7 Å². The second-order valence-corrected chi connectivity index (χ2v) is 7.66. The monoisotopic (exact) mass is 398 g/mol. The van der Waals surface area contributed by atoms with Gasteiger partial charge in [-0.2, -0.15) is 0 Å². The molecular formula is C21H27FN6O. The summed E-state index contributed by atoms with van der Waals surface area (Å²) in [5.74, 6) is 1.59. The molecular weight excluding hydrogens is 371 g/mol. The highest BCUT2D eigenvalue weighted by molar-refractivity contribution is 5.92. The van der Waals surface area contributed by atoms with E-state index in [1.807, 2.05) is 7.05 Å². The number of likely N-dealkylation sites (tertiary alicyclic amines) is 1. The van der Waals surface area contributed by atoms with Gasteiger partial charge in [0.05, 0.1) is 12.2 Å². The maximum absolute atomic E-state index is 13.0. The molecule has 8 heteroatoms. The van der Waals surface area contributed by atoms with Crippen LogP contribution in [0.2, 0.25) is 0 Å². The first-order valence-electron chi connectivity index (χ1n) is 10.2. The van der Waals surface area contributed by atoms with Crippen LogP contribution in [-0.4, -0.2) is 54.0 Å². The van der Waals surface area contributed by atoms with Crippen LogP contribution in [0.1, 0.15) is 35.8 Å². The average molecular weight is 398 g/mol. The van der Waals surface area contributed by atoms with Gasteiger partial charge in [-0.25, -0.2) is 14.4 Å². The Kier molecular flexibility index (Phi) is 6.01. The second kappa shape index (κ2) is 8.84. The molecule has 0 spiro atoms. The highest BCUT2D eigenvalue weighted by Gasteiger charge is 2.27. The van der Waals surface area contributed by atoms with Crippen molar-refractivity contribution < 1.29 is 9.18 Å². The molecule has 2 aliphatic rings. The van der Waals surface area contributed by atoms with Crippen molar-refractivity contribution in [2.24, 2.45) is 0 Å². The van der Waals surface area contributed by atoms with Crippen LogP contribution in [0.5, 0.6) is 0 Å². The highest BCUT2D eigenvalue weighted by atomic mass is 19.1. The molecule has 1 aromatic carbocycles. The maximum atomic E-state index is 13.0. The zero-order valence-corrected chi connectivity index (χ0v) is 16.7. The summed E-state index contributed by atoms with van der Waals surface area (Å²) in [6.45, 7) is 3.68. The SMILES string of the molecule is CNc1nc([C@H]2CCCN(CC(=O)Nc3ccc(F)cc3)C2)nc2c1CNCC2. The molecule has 0 aliphatic carbocycles. The molecule has 0 saturated carbocycles. The lowest BCUT2D eigenvalue weighted by atomic mass is 9.96. The van der Waals surface area contributed by atoms with Crippen molar-refractivity contribution in [2.45, 2.75) is 31.7 Å². The van der Waals surface area contributed by atoms with Crippen molar-refractivity contribution in [1.82, 2.24) is 20.2 Å². The molecule has 0 bridgehead atoms. The smallest absolute Gasteiger partial charge is 0.238 e. The van der Waals surface area contributed by atoms with E-state index in [2.05, 4.69) is 20.9 Å². The molecule has 0 unspecified atom stereocenters. The molecule has 2 aromatic rings. The number of piperidine rings is 1. The average Bonchev–Trinajstić information content (AvgIpc) is 2.74. The van der Waals surface area contributed by atoms with Crippen LogP contribution >= 0.6 is 0 Å². The van der Waals surface area contributed by atoms with Crippen LogP contribution in [0.25, 0.3) is 0 Å². The lowest BCUT2D eigenvalue weighted by Crippen LogP contribution is -2.40. The zero-order chi connectivity index (χ0) is 20.2. The first-order valence-corrected chi connectivity index (χ1v) is 10.2. The topological polar surface area (TPSA) is 82.2 Å². The van der Waals surface area contributed by atoms with Crippen LogP contribution in [0.3, 0.4) is 0 Å². The fourth-order valence-electron chi connectivity index (χ4n) is 4.10. The van der Waals surface area contributed by atoms with Gasteiger partial charge in [-0.1, -0.05) is 0 Å². The number of carbonyl (C=O) groups is 1. The van der Waals surface area contributed by atoms with Gasteiger partial charge in [-0.3, -0.25) is 9.69 Å². The van der Waals surface area contributed by atoms with Crippen LogP contribution in [-0.2, 0) is 17.8 Å². The van der Waals surface area contributed by atoms with Gasteiger partial charge in [0.15, 0.2) is 0 Å². The summed E-state index contributed by atoms with van der Waals surface area (Å²) >= 11 is 0. The van der Waals surface area contributed by atoms with Crippen molar-refractivity contribution in [2.75, 3.05) is 43.9 Å². The lowest BCUT2D eigenvalue weighted by molar-refractivity contribution is -0.117. The van der Waals surface area contributed by atoms with Crippen LogP contribution < -0.4 is 16.0 Å². The maximum Gasteiger partial charge on any atom is 0.238 e. The molecule has 29 heavy (non-hydrogen) atoms. The van der Waals surface area contributed by atoms with Crippen LogP contribution in [0.15, 0.2) is 24.3 Å². The van der Waals surface area contributed by atoms with E-state index >= 15 is 0 Å². The molecule has 1 aromatic heterocycles. The molecule has 1 amide bonds. The Morgan fingerprint density at radius 3 is 2.93 bits per heavy atom. The van der Waals surface area contributed by atoms with E-state index in [0.29, 0.717) is 12.2 Å². The summed E-state index contributed by atoms with van der Waals surface area (Å²) < 4.78 is 13.0. The molecule has 3 heterocycles. The minimum atomic E-state index is -0.316.